The number of carbonyl (C=O) groups excluding carboxylic acids is 3. The van der Waals surface area contributed by atoms with Crippen LogP contribution in [-0.4, -0.2) is 52.6 Å². The van der Waals surface area contributed by atoms with E-state index < -0.39 is 33.3 Å². The number of hydroxylamine groups is 2. The lowest BCUT2D eigenvalue weighted by atomic mass is 9.81. The third-order valence-corrected chi connectivity index (χ3v) is 9.96. The van der Waals surface area contributed by atoms with Crippen molar-refractivity contribution in [3.8, 4) is 0 Å². The molecule has 0 bridgehead atoms. The van der Waals surface area contributed by atoms with E-state index in [0.717, 1.165) is 28.5 Å². The van der Waals surface area contributed by atoms with E-state index >= 15 is 0 Å². The van der Waals surface area contributed by atoms with Crippen molar-refractivity contribution in [2.45, 2.75) is 81.9 Å². The number of unbranched alkanes of at least 4 members (excludes halogenated alkanes) is 2. The highest BCUT2D eigenvalue weighted by molar-refractivity contribution is 7.85. The van der Waals surface area contributed by atoms with Crippen LogP contribution in [0.4, 0.5) is 11.5 Å². The zero-order valence-electron chi connectivity index (χ0n) is 27.8. The van der Waals surface area contributed by atoms with Gasteiger partial charge >= 0.3 is 5.97 Å². The fraction of sp³-hybridized carbons (Fsp3) is 0.400. The molecule has 2 amide bonds. The molecule has 0 unspecified atom stereocenters. The first-order chi connectivity index (χ1) is 22.1. The summed E-state index contributed by atoms with van der Waals surface area (Å²) in [5, 5.41) is 4.10. The van der Waals surface area contributed by atoms with Crippen molar-refractivity contribution in [1.82, 2.24) is 5.06 Å². The first kappa shape index (κ1) is 36.7. The number of imide groups is 1. The van der Waals surface area contributed by atoms with Crippen LogP contribution in [0.3, 0.4) is 0 Å². The fourth-order valence-corrected chi connectivity index (χ4v) is 6.88. The number of aromatic nitrogens is 1. The molecule has 3 aliphatic heterocycles. The number of halogens is 1. The topological polar surface area (TPSA) is 140 Å². The minimum atomic E-state index is -4.63. The molecule has 0 saturated carbocycles. The average molecular weight is 697 g/mol. The molecule has 48 heavy (non-hydrogen) atoms. The molecule has 11 nitrogen and oxygen atoms in total. The number of rotatable bonds is 11. The Labute approximate surface area is 287 Å². The highest BCUT2D eigenvalue weighted by Crippen LogP contribution is 2.42. The molecule has 0 radical (unpaired) electrons. The number of nitrogens with one attached hydrogen (secondary N) is 1. The van der Waals surface area contributed by atoms with E-state index in [1.807, 2.05) is 57.5 Å². The van der Waals surface area contributed by atoms with Gasteiger partial charge in [0.2, 0.25) is 5.69 Å². The molecule has 256 valence electrons. The molecule has 0 spiro atoms. The Bertz CT molecular complexity index is 1860. The minimum absolute atomic E-state index is 0. The number of anilines is 1. The summed E-state index contributed by atoms with van der Waals surface area (Å²) in [5.74, 6) is -0.572. The number of allylic oxidation sites excluding steroid dienone is 6. The van der Waals surface area contributed by atoms with Gasteiger partial charge in [0.05, 0.1) is 34.5 Å². The Hall–Kier alpha value is -4.13. The van der Waals surface area contributed by atoms with Crippen molar-refractivity contribution in [2.75, 3.05) is 11.9 Å². The molecule has 0 atom stereocenters. The number of pyridine rings is 1. The van der Waals surface area contributed by atoms with Gasteiger partial charge in [-0.05, 0) is 70.9 Å². The van der Waals surface area contributed by atoms with Crippen molar-refractivity contribution >= 4 is 45.1 Å². The summed E-state index contributed by atoms with van der Waals surface area (Å²) in [7, 11) is -2.62. The van der Waals surface area contributed by atoms with Gasteiger partial charge in [-0.3, -0.25) is 9.59 Å². The number of benzene rings is 1. The lowest BCUT2D eigenvalue weighted by molar-refractivity contribution is -0.657. The van der Waals surface area contributed by atoms with Crippen LogP contribution in [-0.2, 0) is 47.2 Å². The average Bonchev–Trinajstić information content (AvgIpc) is 3.54. The van der Waals surface area contributed by atoms with Gasteiger partial charge in [-0.15, -0.1) is 5.06 Å². The van der Waals surface area contributed by atoms with E-state index in [4.69, 9.17) is 4.84 Å². The zero-order valence-corrected chi connectivity index (χ0v) is 29.4. The maximum Gasteiger partial charge on any atom is 0.333 e. The summed E-state index contributed by atoms with van der Waals surface area (Å²) in [6.45, 7) is 8.94. The molecule has 2 aromatic rings. The van der Waals surface area contributed by atoms with Crippen LogP contribution in [0.15, 0.2) is 77.5 Å². The monoisotopic (exact) mass is 696 g/mol. The second-order valence-electron chi connectivity index (χ2n) is 13.1. The Morgan fingerprint density at radius 3 is 2.38 bits per heavy atom. The lowest BCUT2D eigenvalue weighted by Crippen LogP contribution is -3.00. The molecule has 1 aromatic heterocycles. The Balaban J connectivity index is 0.00000520. The normalized spacial score (nSPS) is 18.9. The lowest BCUT2D eigenvalue weighted by Gasteiger charge is -2.17. The molecule has 1 saturated heterocycles. The summed E-state index contributed by atoms with van der Waals surface area (Å²) >= 11 is 0. The number of carbonyl (C=O) groups is 3. The summed E-state index contributed by atoms with van der Waals surface area (Å²) in [6, 6.07) is 8.66. The number of amides is 2. The van der Waals surface area contributed by atoms with E-state index in [2.05, 4.69) is 40.4 Å². The zero-order chi connectivity index (χ0) is 34.1. The molecule has 13 heteroatoms. The van der Waals surface area contributed by atoms with Gasteiger partial charge in [-0.2, -0.15) is 4.58 Å². The molecular weight excluding hydrogens is 656 g/mol. The van der Waals surface area contributed by atoms with E-state index in [0.29, 0.717) is 30.9 Å². The highest BCUT2D eigenvalue weighted by atomic mass is 35.5. The highest BCUT2D eigenvalue weighted by Gasteiger charge is 2.45. The summed E-state index contributed by atoms with van der Waals surface area (Å²) in [5.41, 5.74) is 4.03. The number of fused-ring (bicyclic) bond motifs is 2. The van der Waals surface area contributed by atoms with Crippen molar-refractivity contribution in [3.63, 3.8) is 0 Å². The van der Waals surface area contributed by atoms with E-state index in [1.54, 1.807) is 6.07 Å². The number of hydrogen-bond donors (Lipinski definition) is 1. The maximum atomic E-state index is 12.2. The summed E-state index contributed by atoms with van der Waals surface area (Å²) in [4.78, 5) is 40.3. The predicted octanol–water partition coefficient (Wildman–Crippen LogP) is 1.36. The first-order valence-corrected chi connectivity index (χ1v) is 17.2. The Kier molecular flexibility index (Phi) is 10.8. The van der Waals surface area contributed by atoms with Gasteiger partial charge < -0.3 is 21.8 Å². The van der Waals surface area contributed by atoms with Crippen LogP contribution in [0.1, 0.15) is 77.3 Å². The summed E-state index contributed by atoms with van der Waals surface area (Å²) < 4.78 is 39.7. The van der Waals surface area contributed by atoms with Gasteiger partial charge in [0.25, 0.3) is 17.6 Å². The molecule has 1 fully saturated rings. The fourth-order valence-electron chi connectivity index (χ4n) is 6.39. The molecule has 0 aliphatic carbocycles. The quantitative estimate of drug-likeness (QED) is 0.122. The predicted molar refractivity (Wildman–Crippen MR) is 174 cm³/mol. The third-order valence-electron chi connectivity index (χ3n) is 9.13. The van der Waals surface area contributed by atoms with Gasteiger partial charge in [0, 0.05) is 43.4 Å². The number of aryl methyl sites for hydroxylation is 1. The smallest absolute Gasteiger partial charge is 0.333 e. The van der Waals surface area contributed by atoms with E-state index in [-0.39, 0.29) is 42.0 Å². The molecule has 5 rings (SSSR count). The number of nitrogens with zero attached hydrogens (tertiary/aromatic N) is 3. The molecule has 4 heterocycles. The molecular formula is C35H41ClN4O7S. The molecule has 1 aromatic carbocycles. The molecule has 1 N–H and O–H groups in total. The Morgan fingerprint density at radius 2 is 1.71 bits per heavy atom. The second kappa shape index (κ2) is 14.2. The van der Waals surface area contributed by atoms with Gasteiger partial charge in [-0.25, -0.2) is 23.1 Å². The summed E-state index contributed by atoms with van der Waals surface area (Å²) in [6.07, 6.45) is 14.0. The minimum Gasteiger partial charge on any atom is -1.00 e. The van der Waals surface area contributed by atoms with Crippen molar-refractivity contribution in [1.29, 1.82) is 0 Å². The van der Waals surface area contributed by atoms with Gasteiger partial charge in [0.1, 0.15) is 22.4 Å². The van der Waals surface area contributed by atoms with Crippen LogP contribution in [0.5, 0.6) is 0 Å². The third kappa shape index (κ3) is 7.30. The molecule has 3 aliphatic rings. The largest absolute Gasteiger partial charge is 1.00 e. The van der Waals surface area contributed by atoms with Crippen LogP contribution < -0.4 is 22.3 Å². The SMILES string of the molecule is C[n+]1cccc2c1N\C(=C/C=C/C=C/C1=[N+](CCCCCC(=O)ON3C(=O)CCC3=O)c3ccc(S(=O)(=O)[O-])cc3C1(C)C)C2(C)C.[Cl-]. The van der Waals surface area contributed by atoms with Crippen molar-refractivity contribution in [3.05, 3.63) is 83.7 Å². The maximum absolute atomic E-state index is 12.2. The van der Waals surface area contributed by atoms with Crippen LogP contribution in [0, 0.1) is 0 Å². The van der Waals surface area contributed by atoms with Crippen LogP contribution in [0.25, 0.3) is 0 Å². The Morgan fingerprint density at radius 1 is 1.00 bits per heavy atom. The van der Waals surface area contributed by atoms with E-state index in [1.165, 1.54) is 17.7 Å². The van der Waals surface area contributed by atoms with Gasteiger partial charge in [-0.1, -0.05) is 18.2 Å². The van der Waals surface area contributed by atoms with Crippen molar-refractivity contribution < 1.29 is 53.7 Å². The second-order valence-corrected chi connectivity index (χ2v) is 14.5. The van der Waals surface area contributed by atoms with Crippen LogP contribution in [0.2, 0.25) is 0 Å². The van der Waals surface area contributed by atoms with Crippen molar-refractivity contribution in [2.24, 2.45) is 7.05 Å². The first-order valence-electron chi connectivity index (χ1n) is 15.8. The van der Waals surface area contributed by atoms with Crippen LogP contribution >= 0.6 is 0 Å². The number of hydrogen-bond acceptors (Lipinski definition) is 8. The standard InChI is InChI=1S/C35H40N4O7S.ClH/c1-34(2)25-13-12-21-37(5)33(25)36-28(34)14-8-6-9-15-29-35(3,4)26-23-24(47(43,44)45)17-18-27(26)38(29)22-11-7-10-16-32(42)46-39-30(40)19-20-31(39)41;/h6,8-9,12-15,17-18,21,23H,7,10-11,16,19-20,22H2,1-5H3;1H. The van der Waals surface area contributed by atoms with Gasteiger partial charge in [0.15, 0.2) is 5.71 Å². The van der Waals surface area contributed by atoms with E-state index in [9.17, 15) is 27.4 Å².